The molecule has 4 nitrogen and oxygen atoms in total. The van der Waals surface area contributed by atoms with Gasteiger partial charge in [-0.3, -0.25) is 4.90 Å². The van der Waals surface area contributed by atoms with Gasteiger partial charge in [-0.2, -0.15) is 0 Å². The first-order chi connectivity index (χ1) is 8.36. The SMILES string of the molecule is CC(c1cccc2[nH]cnc12)N1CCOCC1. The molecule has 1 fully saturated rings. The van der Waals surface area contributed by atoms with E-state index in [0.29, 0.717) is 6.04 Å². The first-order valence-corrected chi connectivity index (χ1v) is 6.10. The lowest BCUT2D eigenvalue weighted by molar-refractivity contribution is 0.0201. The summed E-state index contributed by atoms with van der Waals surface area (Å²) in [6.07, 6.45) is 1.76. The van der Waals surface area contributed by atoms with Crippen LogP contribution in [0, 0.1) is 0 Å². The molecule has 3 rings (SSSR count). The Balaban J connectivity index is 1.94. The Morgan fingerprint density at radius 1 is 1.35 bits per heavy atom. The van der Waals surface area contributed by atoms with Crippen molar-refractivity contribution in [3.05, 3.63) is 30.1 Å². The van der Waals surface area contributed by atoms with Crippen LogP contribution in [0.15, 0.2) is 24.5 Å². The number of H-pyrrole nitrogens is 1. The second-order valence-corrected chi connectivity index (χ2v) is 4.47. The Bertz CT molecular complexity index is 502. The summed E-state index contributed by atoms with van der Waals surface area (Å²) in [5.74, 6) is 0. The van der Waals surface area contributed by atoms with E-state index in [1.165, 1.54) is 5.56 Å². The Hall–Kier alpha value is -1.39. The molecule has 1 aliphatic heterocycles. The minimum Gasteiger partial charge on any atom is -0.379 e. The normalized spacial score (nSPS) is 19.6. The summed E-state index contributed by atoms with van der Waals surface area (Å²) in [6.45, 7) is 5.92. The van der Waals surface area contributed by atoms with Crippen LogP contribution in [0.2, 0.25) is 0 Å². The summed E-state index contributed by atoms with van der Waals surface area (Å²) in [5.41, 5.74) is 3.50. The first kappa shape index (κ1) is 10.7. The van der Waals surface area contributed by atoms with Crippen molar-refractivity contribution in [1.82, 2.24) is 14.9 Å². The predicted molar refractivity (Wildman–Crippen MR) is 66.9 cm³/mol. The fourth-order valence-electron chi connectivity index (χ4n) is 2.49. The van der Waals surface area contributed by atoms with Crippen LogP contribution < -0.4 is 0 Å². The Kier molecular flexibility index (Phi) is 2.82. The van der Waals surface area contributed by atoms with Gasteiger partial charge in [-0.1, -0.05) is 12.1 Å². The van der Waals surface area contributed by atoms with E-state index in [-0.39, 0.29) is 0 Å². The number of fused-ring (bicyclic) bond motifs is 1. The van der Waals surface area contributed by atoms with Gasteiger partial charge in [0.05, 0.1) is 30.6 Å². The number of ether oxygens (including phenoxy) is 1. The lowest BCUT2D eigenvalue weighted by atomic mass is 10.0. The van der Waals surface area contributed by atoms with Crippen LogP contribution in [-0.2, 0) is 4.74 Å². The third-order valence-corrected chi connectivity index (χ3v) is 3.52. The minimum atomic E-state index is 0.394. The molecule has 1 aromatic heterocycles. The van der Waals surface area contributed by atoms with E-state index in [9.17, 15) is 0 Å². The monoisotopic (exact) mass is 231 g/mol. The number of aromatic amines is 1. The van der Waals surface area contributed by atoms with E-state index >= 15 is 0 Å². The lowest BCUT2D eigenvalue weighted by Crippen LogP contribution is -2.38. The maximum Gasteiger partial charge on any atom is 0.0932 e. The Morgan fingerprint density at radius 3 is 3.00 bits per heavy atom. The smallest absolute Gasteiger partial charge is 0.0932 e. The number of nitrogens with zero attached hydrogens (tertiary/aromatic N) is 2. The summed E-state index contributed by atoms with van der Waals surface area (Å²) in [4.78, 5) is 10.0. The van der Waals surface area contributed by atoms with Gasteiger partial charge < -0.3 is 9.72 Å². The molecule has 4 heteroatoms. The second-order valence-electron chi connectivity index (χ2n) is 4.47. The van der Waals surface area contributed by atoms with Gasteiger partial charge in [0.1, 0.15) is 0 Å². The van der Waals surface area contributed by atoms with Crippen LogP contribution >= 0.6 is 0 Å². The molecular weight excluding hydrogens is 214 g/mol. The maximum atomic E-state index is 5.39. The van der Waals surface area contributed by atoms with E-state index in [0.717, 1.165) is 37.3 Å². The summed E-state index contributed by atoms with van der Waals surface area (Å²) in [6, 6.07) is 6.72. The number of benzene rings is 1. The fraction of sp³-hybridized carbons (Fsp3) is 0.462. The summed E-state index contributed by atoms with van der Waals surface area (Å²) >= 11 is 0. The van der Waals surface area contributed by atoms with Crippen molar-refractivity contribution < 1.29 is 4.74 Å². The molecule has 1 aliphatic rings. The first-order valence-electron chi connectivity index (χ1n) is 6.10. The van der Waals surface area contributed by atoms with Crippen molar-refractivity contribution in [2.45, 2.75) is 13.0 Å². The van der Waals surface area contributed by atoms with Crippen molar-refractivity contribution in [1.29, 1.82) is 0 Å². The molecule has 1 saturated heterocycles. The van der Waals surface area contributed by atoms with Gasteiger partial charge >= 0.3 is 0 Å². The molecule has 0 radical (unpaired) electrons. The number of rotatable bonds is 2. The largest absolute Gasteiger partial charge is 0.379 e. The number of hydrogen-bond donors (Lipinski definition) is 1. The van der Waals surface area contributed by atoms with E-state index < -0.39 is 0 Å². The molecule has 0 amide bonds. The highest BCUT2D eigenvalue weighted by atomic mass is 16.5. The van der Waals surface area contributed by atoms with Crippen LogP contribution in [0.25, 0.3) is 11.0 Å². The Morgan fingerprint density at radius 2 is 2.18 bits per heavy atom. The third kappa shape index (κ3) is 1.94. The fourth-order valence-corrected chi connectivity index (χ4v) is 2.49. The third-order valence-electron chi connectivity index (χ3n) is 3.52. The lowest BCUT2D eigenvalue weighted by Gasteiger charge is -2.32. The number of nitrogens with one attached hydrogen (secondary N) is 1. The van der Waals surface area contributed by atoms with Gasteiger partial charge in [0.25, 0.3) is 0 Å². The summed E-state index contributed by atoms with van der Waals surface area (Å²) < 4.78 is 5.39. The van der Waals surface area contributed by atoms with Crippen molar-refractivity contribution in [3.8, 4) is 0 Å². The van der Waals surface area contributed by atoms with E-state index in [2.05, 4.69) is 40.0 Å². The van der Waals surface area contributed by atoms with Crippen LogP contribution in [-0.4, -0.2) is 41.2 Å². The topological polar surface area (TPSA) is 41.2 Å². The predicted octanol–water partition coefficient (Wildman–Crippen LogP) is 1.96. The van der Waals surface area contributed by atoms with Crippen molar-refractivity contribution in [3.63, 3.8) is 0 Å². The van der Waals surface area contributed by atoms with Gasteiger partial charge in [0.2, 0.25) is 0 Å². The molecular formula is C13H17N3O. The van der Waals surface area contributed by atoms with E-state index in [4.69, 9.17) is 4.74 Å². The number of imidazole rings is 1. The molecule has 0 bridgehead atoms. The number of aromatic nitrogens is 2. The number of para-hydroxylation sites is 1. The molecule has 2 aromatic rings. The molecule has 90 valence electrons. The molecule has 0 spiro atoms. The zero-order chi connectivity index (χ0) is 11.7. The molecule has 1 N–H and O–H groups in total. The maximum absolute atomic E-state index is 5.39. The van der Waals surface area contributed by atoms with Crippen LogP contribution in [0.1, 0.15) is 18.5 Å². The van der Waals surface area contributed by atoms with Gasteiger partial charge in [-0.15, -0.1) is 0 Å². The molecule has 2 heterocycles. The van der Waals surface area contributed by atoms with Crippen LogP contribution in [0.5, 0.6) is 0 Å². The molecule has 0 saturated carbocycles. The Labute approximate surface area is 101 Å². The van der Waals surface area contributed by atoms with Crippen molar-refractivity contribution in [2.75, 3.05) is 26.3 Å². The average molecular weight is 231 g/mol. The van der Waals surface area contributed by atoms with Gasteiger partial charge in [0.15, 0.2) is 0 Å². The second kappa shape index (κ2) is 4.47. The summed E-state index contributed by atoms with van der Waals surface area (Å²) in [7, 11) is 0. The molecule has 1 unspecified atom stereocenters. The highest BCUT2D eigenvalue weighted by Gasteiger charge is 2.20. The number of hydrogen-bond acceptors (Lipinski definition) is 3. The van der Waals surface area contributed by atoms with Crippen LogP contribution in [0.3, 0.4) is 0 Å². The molecule has 17 heavy (non-hydrogen) atoms. The quantitative estimate of drug-likeness (QED) is 0.859. The van der Waals surface area contributed by atoms with Gasteiger partial charge in [-0.25, -0.2) is 4.98 Å². The van der Waals surface area contributed by atoms with Gasteiger partial charge in [0, 0.05) is 19.1 Å². The number of morpholine rings is 1. The standard InChI is InChI=1S/C13H17N3O/c1-10(16-5-7-17-8-6-16)11-3-2-4-12-13(11)15-9-14-12/h2-4,9-10H,5-8H2,1H3,(H,14,15). The molecule has 1 atom stereocenters. The zero-order valence-electron chi connectivity index (χ0n) is 10.0. The summed E-state index contributed by atoms with van der Waals surface area (Å²) in [5, 5.41) is 0. The average Bonchev–Trinajstić information content (AvgIpc) is 2.87. The van der Waals surface area contributed by atoms with Crippen molar-refractivity contribution in [2.24, 2.45) is 0 Å². The highest BCUT2D eigenvalue weighted by molar-refractivity contribution is 5.78. The van der Waals surface area contributed by atoms with Crippen LogP contribution in [0.4, 0.5) is 0 Å². The minimum absolute atomic E-state index is 0.394. The zero-order valence-corrected chi connectivity index (χ0v) is 10.0. The molecule has 1 aromatic carbocycles. The van der Waals surface area contributed by atoms with Crippen molar-refractivity contribution >= 4 is 11.0 Å². The molecule has 0 aliphatic carbocycles. The van der Waals surface area contributed by atoms with E-state index in [1.807, 2.05) is 0 Å². The van der Waals surface area contributed by atoms with E-state index in [1.54, 1.807) is 6.33 Å². The highest BCUT2D eigenvalue weighted by Crippen LogP contribution is 2.26. The van der Waals surface area contributed by atoms with Gasteiger partial charge in [-0.05, 0) is 18.6 Å².